The second-order valence-corrected chi connectivity index (χ2v) is 4.39. The van der Waals surface area contributed by atoms with Gasteiger partial charge in [0.2, 0.25) is 0 Å². The lowest BCUT2D eigenvalue weighted by molar-refractivity contribution is 0.858. The molecule has 2 nitrogen and oxygen atoms in total. The first kappa shape index (κ1) is 13.8. The van der Waals surface area contributed by atoms with Crippen LogP contribution >= 0.6 is 12.4 Å². The summed E-state index contributed by atoms with van der Waals surface area (Å²) in [6.07, 6.45) is 5.89. The van der Waals surface area contributed by atoms with Crippen molar-refractivity contribution in [1.29, 1.82) is 0 Å². The molecule has 0 amide bonds. The lowest BCUT2D eigenvalue weighted by atomic mass is 10.1. The molecule has 1 aliphatic heterocycles. The molecule has 0 saturated heterocycles. The minimum atomic E-state index is 0. The number of nitrogens with zero attached hydrogens (tertiary/aromatic N) is 2. The van der Waals surface area contributed by atoms with E-state index in [4.69, 9.17) is 0 Å². The highest BCUT2D eigenvalue weighted by Gasteiger charge is 2.15. The van der Waals surface area contributed by atoms with E-state index in [9.17, 15) is 0 Å². The molecule has 0 aliphatic carbocycles. The smallest absolute Gasteiger partial charge is 0.0680 e. The maximum absolute atomic E-state index is 4.36. The third-order valence-electron chi connectivity index (χ3n) is 3.59. The van der Waals surface area contributed by atoms with Crippen molar-refractivity contribution in [1.82, 2.24) is 4.57 Å². The summed E-state index contributed by atoms with van der Waals surface area (Å²) in [4.78, 5) is 4.36. The fourth-order valence-electron chi connectivity index (χ4n) is 2.30. The molecule has 0 saturated carbocycles. The van der Waals surface area contributed by atoms with E-state index in [2.05, 4.69) is 50.4 Å². The minimum absolute atomic E-state index is 0. The zero-order valence-corrected chi connectivity index (χ0v) is 11.9. The molecule has 2 rings (SSSR count). The summed E-state index contributed by atoms with van der Waals surface area (Å²) in [6.45, 7) is 8.67. The average Bonchev–Trinajstić information content (AvgIpc) is 2.84. The van der Waals surface area contributed by atoms with E-state index in [1.807, 2.05) is 12.3 Å². The predicted octanol–water partition coefficient (Wildman–Crippen LogP) is 3.74. The van der Waals surface area contributed by atoms with E-state index in [0.29, 0.717) is 0 Å². The second-order valence-electron chi connectivity index (χ2n) is 4.39. The molecule has 3 heteroatoms. The third-order valence-corrected chi connectivity index (χ3v) is 3.59. The highest BCUT2D eigenvalue weighted by Crippen LogP contribution is 2.29. The molecule has 17 heavy (non-hydrogen) atoms. The first-order valence-electron chi connectivity index (χ1n) is 5.58. The van der Waals surface area contributed by atoms with Crippen LogP contribution in [0.5, 0.6) is 0 Å². The zero-order chi connectivity index (χ0) is 11.9. The van der Waals surface area contributed by atoms with Crippen LogP contribution in [-0.2, 0) is 7.05 Å². The van der Waals surface area contributed by atoms with Crippen molar-refractivity contribution in [2.75, 3.05) is 0 Å². The number of allylic oxidation sites excluding steroid dienone is 3. The van der Waals surface area contributed by atoms with Crippen LogP contribution in [0.1, 0.15) is 29.4 Å². The fraction of sp³-hybridized carbons (Fsp3) is 0.357. The lowest BCUT2D eigenvalue weighted by Gasteiger charge is -2.08. The van der Waals surface area contributed by atoms with Crippen molar-refractivity contribution in [3.63, 3.8) is 0 Å². The van der Waals surface area contributed by atoms with Crippen LogP contribution in [0.3, 0.4) is 0 Å². The Morgan fingerprint density at radius 3 is 2.24 bits per heavy atom. The second kappa shape index (κ2) is 4.92. The first-order chi connectivity index (χ1) is 7.54. The van der Waals surface area contributed by atoms with Crippen molar-refractivity contribution >= 4 is 24.2 Å². The molecule has 0 bridgehead atoms. The quantitative estimate of drug-likeness (QED) is 0.723. The summed E-state index contributed by atoms with van der Waals surface area (Å²) < 4.78 is 2.26. The van der Waals surface area contributed by atoms with E-state index in [0.717, 1.165) is 5.70 Å². The summed E-state index contributed by atoms with van der Waals surface area (Å²) >= 11 is 0. The van der Waals surface area contributed by atoms with Gasteiger partial charge in [0.25, 0.3) is 0 Å². The molecule has 0 radical (unpaired) electrons. The van der Waals surface area contributed by atoms with Crippen LogP contribution in [0, 0.1) is 20.8 Å². The van der Waals surface area contributed by atoms with Gasteiger partial charge in [0.15, 0.2) is 0 Å². The van der Waals surface area contributed by atoms with Crippen molar-refractivity contribution in [3.8, 4) is 0 Å². The van der Waals surface area contributed by atoms with Crippen LogP contribution in [0.15, 0.2) is 22.8 Å². The normalized spacial score (nSPS) is 16.3. The fourth-order valence-corrected chi connectivity index (χ4v) is 2.30. The first-order valence-corrected chi connectivity index (χ1v) is 5.58. The van der Waals surface area contributed by atoms with Crippen molar-refractivity contribution < 1.29 is 0 Å². The van der Waals surface area contributed by atoms with E-state index < -0.39 is 0 Å². The molecule has 0 fully saturated rings. The molecule has 1 aliphatic rings. The number of aromatic nitrogens is 1. The molecule has 0 atom stereocenters. The van der Waals surface area contributed by atoms with E-state index in [1.54, 1.807) is 0 Å². The average molecular weight is 251 g/mol. The van der Waals surface area contributed by atoms with E-state index in [-0.39, 0.29) is 12.4 Å². The number of hydrogen-bond donors (Lipinski definition) is 0. The zero-order valence-electron chi connectivity index (χ0n) is 11.0. The monoisotopic (exact) mass is 250 g/mol. The Hall–Kier alpha value is -1.28. The Labute approximate surface area is 109 Å². The minimum Gasteiger partial charge on any atom is -0.348 e. The molecular weight excluding hydrogens is 232 g/mol. The molecular formula is C14H19ClN2. The highest BCUT2D eigenvalue weighted by molar-refractivity contribution is 5.85. The van der Waals surface area contributed by atoms with Gasteiger partial charge in [-0.15, -0.1) is 12.4 Å². The number of halogens is 1. The Balaban J connectivity index is 0.00000144. The van der Waals surface area contributed by atoms with E-state index >= 15 is 0 Å². The Morgan fingerprint density at radius 1 is 1.18 bits per heavy atom. The molecule has 0 aromatic carbocycles. The van der Waals surface area contributed by atoms with Crippen LogP contribution in [0.25, 0.3) is 5.57 Å². The Bertz CT molecular complexity index is 491. The van der Waals surface area contributed by atoms with Gasteiger partial charge in [-0.1, -0.05) is 0 Å². The van der Waals surface area contributed by atoms with Gasteiger partial charge >= 0.3 is 0 Å². The topological polar surface area (TPSA) is 17.3 Å². The molecule has 0 spiro atoms. The SMILES string of the molecule is C/C(=C1/C=CC=N1)c1c(C)c(C)c(C)n1C.Cl. The van der Waals surface area contributed by atoms with Crippen LogP contribution in [0.2, 0.25) is 0 Å². The molecule has 92 valence electrons. The van der Waals surface area contributed by atoms with Gasteiger partial charge < -0.3 is 4.57 Å². The standard InChI is InChI=1S/C14H18N2.ClH/c1-9-10(2)14(16(5)12(9)4)11(3)13-7-6-8-15-13;/h6-8H,1-5H3;1H/b13-11+;. The summed E-state index contributed by atoms with van der Waals surface area (Å²) in [6, 6.07) is 0. The number of aliphatic imine (C=N–C) groups is 1. The van der Waals surface area contributed by atoms with Crippen molar-refractivity contribution in [2.45, 2.75) is 27.7 Å². The van der Waals surface area contributed by atoms with Gasteiger partial charge in [0, 0.05) is 24.7 Å². The highest BCUT2D eigenvalue weighted by atomic mass is 35.5. The van der Waals surface area contributed by atoms with Crippen LogP contribution in [0.4, 0.5) is 0 Å². The van der Waals surface area contributed by atoms with Crippen molar-refractivity contribution in [2.24, 2.45) is 12.0 Å². The molecule has 1 aromatic heterocycles. The molecule has 0 unspecified atom stereocenters. The summed E-state index contributed by atoms with van der Waals surface area (Å²) in [5, 5.41) is 0. The largest absolute Gasteiger partial charge is 0.348 e. The molecule has 0 N–H and O–H groups in total. The Morgan fingerprint density at radius 2 is 1.82 bits per heavy atom. The van der Waals surface area contributed by atoms with Gasteiger partial charge in [-0.3, -0.25) is 4.99 Å². The summed E-state index contributed by atoms with van der Waals surface area (Å²) in [5.74, 6) is 0. The summed E-state index contributed by atoms with van der Waals surface area (Å²) in [7, 11) is 2.12. The van der Waals surface area contributed by atoms with Gasteiger partial charge in [-0.25, -0.2) is 0 Å². The van der Waals surface area contributed by atoms with Crippen molar-refractivity contribution in [3.05, 3.63) is 40.4 Å². The van der Waals surface area contributed by atoms with Crippen LogP contribution < -0.4 is 0 Å². The maximum Gasteiger partial charge on any atom is 0.0680 e. The van der Waals surface area contributed by atoms with Gasteiger partial charge in [0.05, 0.1) is 5.70 Å². The Kier molecular flexibility index (Phi) is 3.99. The predicted molar refractivity (Wildman–Crippen MR) is 77.1 cm³/mol. The maximum atomic E-state index is 4.36. The van der Waals surface area contributed by atoms with Crippen LogP contribution in [-0.4, -0.2) is 10.8 Å². The van der Waals surface area contributed by atoms with Gasteiger partial charge in [-0.05, 0) is 56.5 Å². The lowest BCUT2D eigenvalue weighted by Crippen LogP contribution is -1.98. The number of hydrogen-bond acceptors (Lipinski definition) is 1. The molecule has 1 aromatic rings. The third kappa shape index (κ3) is 2.09. The van der Waals surface area contributed by atoms with Gasteiger partial charge in [-0.2, -0.15) is 0 Å². The van der Waals surface area contributed by atoms with E-state index in [1.165, 1.54) is 28.1 Å². The molecule has 2 heterocycles. The summed E-state index contributed by atoms with van der Waals surface area (Å²) in [5.41, 5.74) is 7.70. The number of rotatable bonds is 1. The van der Waals surface area contributed by atoms with Gasteiger partial charge in [0.1, 0.15) is 0 Å².